The Kier molecular flexibility index (Phi) is 8.76. The van der Waals surface area contributed by atoms with Crippen molar-refractivity contribution in [2.75, 3.05) is 11.5 Å². The molecule has 0 aliphatic rings. The van der Waals surface area contributed by atoms with Crippen LogP contribution in [0, 0.1) is 13.8 Å². The molecule has 0 amide bonds. The third-order valence-electron chi connectivity index (χ3n) is 5.07. The van der Waals surface area contributed by atoms with E-state index in [2.05, 4.69) is 61.1 Å². The van der Waals surface area contributed by atoms with E-state index in [0.717, 1.165) is 33.2 Å². The predicted octanol–water partition coefficient (Wildman–Crippen LogP) is 3.45. The van der Waals surface area contributed by atoms with E-state index in [1.165, 1.54) is 16.9 Å². The summed E-state index contributed by atoms with van der Waals surface area (Å²) in [4.78, 5) is 13.8. The molecule has 4 aromatic rings. The number of carbonyl (C=O) groups excluding carboxylic acids is 1. The number of anilines is 1. The fourth-order valence-corrected chi connectivity index (χ4v) is 6.25. The molecule has 0 radical (unpaired) electrons. The van der Waals surface area contributed by atoms with E-state index >= 15 is 0 Å². The smallest absolute Gasteiger partial charge is 0.259 e. The molecular formula is C26H24BrClN2OS2. The number of aromatic nitrogens is 1. The number of aryl methyl sites for hydroxylation is 3. The number of nitrogens with zero attached hydrogens (tertiary/aromatic N) is 1. The van der Waals surface area contributed by atoms with E-state index in [1.54, 1.807) is 36.0 Å². The van der Waals surface area contributed by atoms with Gasteiger partial charge in [-0.1, -0.05) is 41.9 Å². The largest absolute Gasteiger partial charge is 1.00 e. The summed E-state index contributed by atoms with van der Waals surface area (Å²) in [5.74, 6) is 0.821. The average Bonchev–Trinajstić information content (AvgIpc) is 3.10. The van der Waals surface area contributed by atoms with Crippen molar-refractivity contribution < 1.29 is 26.3 Å². The van der Waals surface area contributed by atoms with Crippen LogP contribution < -0.4 is 27.3 Å². The number of ketones is 1. The van der Waals surface area contributed by atoms with Gasteiger partial charge in [0.15, 0.2) is 12.4 Å². The lowest BCUT2D eigenvalue weighted by atomic mass is 10.1. The Morgan fingerprint density at radius 1 is 1.03 bits per heavy atom. The molecule has 0 aliphatic heterocycles. The first-order chi connectivity index (χ1) is 15.4. The molecule has 3 nitrogen and oxygen atoms in total. The van der Waals surface area contributed by atoms with Crippen LogP contribution in [-0.2, 0) is 6.42 Å². The lowest BCUT2D eigenvalue weighted by Crippen LogP contribution is -3.00. The third kappa shape index (κ3) is 6.07. The first-order valence-corrected chi connectivity index (χ1v) is 12.5. The third-order valence-corrected chi connectivity index (χ3v) is 7.77. The van der Waals surface area contributed by atoms with Crippen LogP contribution >= 0.6 is 34.7 Å². The van der Waals surface area contributed by atoms with Crippen LogP contribution in [0.15, 0.2) is 77.3 Å². The average molecular weight is 560 g/mol. The van der Waals surface area contributed by atoms with Gasteiger partial charge in [0.05, 0.1) is 0 Å². The van der Waals surface area contributed by atoms with E-state index in [-0.39, 0.29) is 22.8 Å². The highest BCUT2D eigenvalue weighted by atomic mass is 79.9. The molecule has 0 unspecified atom stereocenters. The molecule has 0 saturated carbocycles. The van der Waals surface area contributed by atoms with Gasteiger partial charge in [-0.05, 0) is 56.2 Å². The maximum Gasteiger partial charge on any atom is 0.259 e. The van der Waals surface area contributed by atoms with Gasteiger partial charge in [-0.15, -0.1) is 23.1 Å². The molecule has 2 N–H and O–H groups in total. The fourth-order valence-electron chi connectivity index (χ4n) is 3.60. The van der Waals surface area contributed by atoms with Crippen molar-refractivity contribution in [1.29, 1.82) is 0 Å². The van der Waals surface area contributed by atoms with Crippen LogP contribution in [0.2, 0.25) is 5.02 Å². The summed E-state index contributed by atoms with van der Waals surface area (Å²) in [6.45, 7) is 4.13. The molecule has 2 aromatic carbocycles. The van der Waals surface area contributed by atoms with E-state index in [9.17, 15) is 4.79 Å². The van der Waals surface area contributed by atoms with Crippen LogP contribution in [-0.4, -0.2) is 11.5 Å². The van der Waals surface area contributed by atoms with E-state index in [0.29, 0.717) is 21.2 Å². The summed E-state index contributed by atoms with van der Waals surface area (Å²) in [5.41, 5.74) is 12.2. The molecule has 0 atom stereocenters. The number of thioether (sulfide) groups is 1. The molecule has 170 valence electrons. The van der Waals surface area contributed by atoms with Crippen molar-refractivity contribution >= 4 is 46.2 Å². The quantitative estimate of drug-likeness (QED) is 0.214. The molecule has 0 spiro atoms. The number of carbonyl (C=O) groups is 1. The molecule has 2 aromatic heterocycles. The topological polar surface area (TPSA) is 47.0 Å². The number of nitrogens with two attached hydrogens (primary N) is 1. The lowest BCUT2D eigenvalue weighted by molar-refractivity contribution is -0.597. The summed E-state index contributed by atoms with van der Waals surface area (Å²) >= 11 is 9.21. The highest BCUT2D eigenvalue weighted by Crippen LogP contribution is 2.40. The molecule has 0 saturated heterocycles. The van der Waals surface area contributed by atoms with Gasteiger partial charge in [-0.3, -0.25) is 4.79 Å². The fraction of sp³-hybridized carbons (Fsp3) is 0.154. The van der Waals surface area contributed by atoms with Crippen molar-refractivity contribution in [3.8, 4) is 5.69 Å². The van der Waals surface area contributed by atoms with Crippen LogP contribution in [0.3, 0.4) is 0 Å². The summed E-state index contributed by atoms with van der Waals surface area (Å²) < 4.78 is 3.10. The Labute approximate surface area is 218 Å². The lowest BCUT2D eigenvalue weighted by Gasteiger charge is -2.03. The van der Waals surface area contributed by atoms with Gasteiger partial charge in [0.25, 0.3) is 5.69 Å². The minimum Gasteiger partial charge on any atom is -1.00 e. The van der Waals surface area contributed by atoms with Gasteiger partial charge >= 0.3 is 0 Å². The summed E-state index contributed by atoms with van der Waals surface area (Å²) in [5, 5.41) is 0.601. The summed E-state index contributed by atoms with van der Waals surface area (Å²) in [7, 11) is 0. The Balaban J connectivity index is 0.00000306. The molecule has 7 heteroatoms. The number of benzene rings is 2. The first kappa shape index (κ1) is 25.5. The summed E-state index contributed by atoms with van der Waals surface area (Å²) in [6.07, 6.45) is 5.06. The predicted molar refractivity (Wildman–Crippen MR) is 135 cm³/mol. The standard InChI is InChI=1S/C26H23ClN2OS2.BrH/c1-17-14-18(2)16-29(15-17)23-22(28)25(24(30)20-8-10-21(27)11-9-20)32-26(23)31-13-12-19-6-4-3-5-7-19;/h3-11,14-16H,12-13H2,1-2H3,(H-,28,30);1H. The Morgan fingerprint density at radius 3 is 2.30 bits per heavy atom. The van der Waals surface area contributed by atoms with Crippen LogP contribution in [0.25, 0.3) is 5.69 Å². The van der Waals surface area contributed by atoms with E-state index in [4.69, 9.17) is 17.3 Å². The number of hydrogen-bond acceptors (Lipinski definition) is 4. The van der Waals surface area contributed by atoms with Crippen LogP contribution in [0.1, 0.15) is 31.9 Å². The zero-order valence-corrected chi connectivity index (χ0v) is 22.3. The van der Waals surface area contributed by atoms with Crippen LogP contribution in [0.5, 0.6) is 0 Å². The molecule has 2 heterocycles. The number of pyridine rings is 1. The van der Waals surface area contributed by atoms with Crippen molar-refractivity contribution in [3.63, 3.8) is 0 Å². The van der Waals surface area contributed by atoms with Gasteiger partial charge in [0.1, 0.15) is 14.8 Å². The molecule has 0 aliphatic carbocycles. The Morgan fingerprint density at radius 2 is 1.67 bits per heavy atom. The number of hydrogen-bond donors (Lipinski definition) is 1. The van der Waals surface area contributed by atoms with Crippen LogP contribution in [0.4, 0.5) is 5.69 Å². The molecule has 4 rings (SSSR count). The Bertz CT molecular complexity index is 1240. The second-order valence-electron chi connectivity index (χ2n) is 7.70. The van der Waals surface area contributed by atoms with Crippen molar-refractivity contribution in [2.24, 2.45) is 0 Å². The monoisotopic (exact) mass is 558 g/mol. The number of halogens is 2. The molecular weight excluding hydrogens is 536 g/mol. The van der Waals surface area contributed by atoms with E-state index in [1.807, 2.05) is 6.07 Å². The second-order valence-corrected chi connectivity index (χ2v) is 10.5. The second kappa shape index (κ2) is 11.3. The highest BCUT2D eigenvalue weighted by Gasteiger charge is 2.28. The number of thiophene rings is 1. The number of rotatable bonds is 7. The minimum absolute atomic E-state index is 0. The summed E-state index contributed by atoms with van der Waals surface area (Å²) in [6, 6.07) is 19.5. The zero-order chi connectivity index (χ0) is 22.7. The van der Waals surface area contributed by atoms with Gasteiger partial charge in [0.2, 0.25) is 5.78 Å². The van der Waals surface area contributed by atoms with Gasteiger partial charge in [-0.25, -0.2) is 0 Å². The number of nitrogen functional groups attached to an aromatic ring is 1. The minimum atomic E-state index is -0.0784. The van der Waals surface area contributed by atoms with Gasteiger partial charge in [-0.2, -0.15) is 4.57 Å². The van der Waals surface area contributed by atoms with E-state index < -0.39 is 0 Å². The zero-order valence-electron chi connectivity index (χ0n) is 18.3. The Hall–Kier alpha value is -2.12. The maximum absolute atomic E-state index is 13.3. The SMILES string of the molecule is Cc1cc(C)c[n+](-c2c(SCCc3ccccc3)sc(C(=O)c3ccc(Cl)cc3)c2N)c1.[Br-]. The van der Waals surface area contributed by atoms with Crippen molar-refractivity contribution in [1.82, 2.24) is 0 Å². The van der Waals surface area contributed by atoms with Gasteiger partial charge in [0, 0.05) is 27.5 Å². The molecule has 0 bridgehead atoms. The van der Waals surface area contributed by atoms with Crippen molar-refractivity contribution in [3.05, 3.63) is 105 Å². The first-order valence-electron chi connectivity index (χ1n) is 10.3. The normalized spacial score (nSPS) is 10.6. The van der Waals surface area contributed by atoms with Gasteiger partial charge < -0.3 is 22.7 Å². The van der Waals surface area contributed by atoms with Crippen molar-refractivity contribution in [2.45, 2.75) is 24.5 Å². The molecule has 0 fully saturated rings. The highest BCUT2D eigenvalue weighted by molar-refractivity contribution is 8.01. The molecule has 33 heavy (non-hydrogen) atoms. The maximum atomic E-state index is 13.3.